The van der Waals surface area contributed by atoms with Crippen LogP contribution in [0, 0.1) is 0 Å². The fourth-order valence-corrected chi connectivity index (χ4v) is 3.44. The Morgan fingerprint density at radius 2 is 2.29 bits per heavy atom. The summed E-state index contributed by atoms with van der Waals surface area (Å²) in [6, 6.07) is 2.40. The van der Waals surface area contributed by atoms with E-state index >= 15 is 0 Å². The van der Waals surface area contributed by atoms with Crippen LogP contribution in [0.5, 0.6) is 0 Å². The number of halogens is 2. The molecular formula is C9H14Br2N2S. The predicted octanol–water partition coefficient (Wildman–Crippen LogP) is 3.97. The molecule has 0 fully saturated rings. The Morgan fingerprint density at radius 3 is 2.71 bits per heavy atom. The van der Waals surface area contributed by atoms with Gasteiger partial charge >= 0.3 is 0 Å². The van der Waals surface area contributed by atoms with Crippen LogP contribution in [-0.2, 0) is 0 Å². The molecule has 1 unspecified atom stereocenters. The highest BCUT2D eigenvalue weighted by molar-refractivity contribution is 9.13. The zero-order chi connectivity index (χ0) is 10.6. The molecule has 0 radical (unpaired) electrons. The van der Waals surface area contributed by atoms with Crippen molar-refractivity contribution in [2.45, 2.75) is 32.2 Å². The lowest BCUT2D eigenvalue weighted by Crippen LogP contribution is -2.27. The molecule has 1 atom stereocenters. The average Bonchev–Trinajstić information content (AvgIpc) is 2.48. The van der Waals surface area contributed by atoms with Crippen LogP contribution < -0.4 is 11.3 Å². The number of hydrogen-bond acceptors (Lipinski definition) is 3. The number of nitrogens with one attached hydrogen (secondary N) is 1. The molecule has 0 aliphatic carbocycles. The molecule has 0 aliphatic heterocycles. The standard InChI is InChI=1S/C9H14Br2N2S/c1-2-3-4-7(13-12)8-5-6(10)9(11)14-8/h5,7,13H,2-4,12H2,1H3. The minimum atomic E-state index is 0.280. The van der Waals surface area contributed by atoms with Crippen LogP contribution in [0.4, 0.5) is 0 Å². The van der Waals surface area contributed by atoms with Crippen molar-refractivity contribution >= 4 is 43.2 Å². The smallest absolute Gasteiger partial charge is 0.0843 e. The Morgan fingerprint density at radius 1 is 1.57 bits per heavy atom. The highest BCUT2D eigenvalue weighted by Crippen LogP contribution is 2.36. The molecule has 3 N–H and O–H groups in total. The van der Waals surface area contributed by atoms with Gasteiger partial charge in [-0.05, 0) is 44.3 Å². The van der Waals surface area contributed by atoms with Gasteiger partial charge < -0.3 is 0 Å². The van der Waals surface area contributed by atoms with Crippen LogP contribution in [0.15, 0.2) is 14.3 Å². The van der Waals surface area contributed by atoms with E-state index in [2.05, 4.69) is 50.3 Å². The first kappa shape index (κ1) is 12.6. The molecule has 0 bridgehead atoms. The molecule has 1 heterocycles. The van der Waals surface area contributed by atoms with Crippen molar-refractivity contribution < 1.29 is 0 Å². The Balaban J connectivity index is 2.68. The predicted molar refractivity (Wildman–Crippen MR) is 69.3 cm³/mol. The van der Waals surface area contributed by atoms with Crippen molar-refractivity contribution in [1.29, 1.82) is 0 Å². The van der Waals surface area contributed by atoms with E-state index in [9.17, 15) is 0 Å². The minimum absolute atomic E-state index is 0.280. The third kappa shape index (κ3) is 3.31. The molecule has 0 aromatic carbocycles. The van der Waals surface area contributed by atoms with Gasteiger partial charge in [-0.1, -0.05) is 19.8 Å². The summed E-state index contributed by atoms with van der Waals surface area (Å²) < 4.78 is 2.23. The van der Waals surface area contributed by atoms with Crippen molar-refractivity contribution in [3.63, 3.8) is 0 Å². The van der Waals surface area contributed by atoms with Gasteiger partial charge in [0.15, 0.2) is 0 Å². The van der Waals surface area contributed by atoms with Crippen LogP contribution in [0.1, 0.15) is 37.1 Å². The monoisotopic (exact) mass is 340 g/mol. The van der Waals surface area contributed by atoms with Crippen LogP contribution in [0.2, 0.25) is 0 Å². The van der Waals surface area contributed by atoms with Crippen LogP contribution in [0.25, 0.3) is 0 Å². The van der Waals surface area contributed by atoms with Crippen molar-refractivity contribution in [1.82, 2.24) is 5.43 Å². The first-order valence-corrected chi connectivity index (χ1v) is 7.00. The summed E-state index contributed by atoms with van der Waals surface area (Å²) in [4.78, 5) is 1.28. The number of hydrogen-bond donors (Lipinski definition) is 2. The Labute approximate surface area is 105 Å². The second kappa shape index (κ2) is 6.23. The van der Waals surface area contributed by atoms with Gasteiger partial charge in [-0.3, -0.25) is 11.3 Å². The van der Waals surface area contributed by atoms with Gasteiger partial charge in [-0.2, -0.15) is 0 Å². The van der Waals surface area contributed by atoms with E-state index in [1.807, 2.05) is 0 Å². The van der Waals surface area contributed by atoms with Gasteiger partial charge in [0.05, 0.1) is 9.83 Å². The maximum Gasteiger partial charge on any atom is 0.0843 e. The first-order chi connectivity index (χ1) is 6.69. The lowest BCUT2D eigenvalue weighted by molar-refractivity contribution is 0.502. The number of rotatable bonds is 5. The largest absolute Gasteiger partial charge is 0.271 e. The summed E-state index contributed by atoms with van der Waals surface area (Å²) in [5.41, 5.74) is 2.86. The molecule has 80 valence electrons. The second-order valence-electron chi connectivity index (χ2n) is 3.13. The Kier molecular flexibility index (Phi) is 5.62. The average molecular weight is 342 g/mol. The third-order valence-corrected chi connectivity index (χ3v) is 5.43. The van der Waals surface area contributed by atoms with Gasteiger partial charge in [0, 0.05) is 9.35 Å². The number of unbranched alkanes of at least 4 members (excludes halogenated alkanes) is 1. The van der Waals surface area contributed by atoms with Crippen molar-refractivity contribution in [2.24, 2.45) is 5.84 Å². The fraction of sp³-hybridized carbons (Fsp3) is 0.556. The Hall–Kier alpha value is 0.580. The lowest BCUT2D eigenvalue weighted by Gasteiger charge is -2.12. The maximum atomic E-state index is 5.53. The first-order valence-electron chi connectivity index (χ1n) is 4.59. The van der Waals surface area contributed by atoms with Crippen molar-refractivity contribution in [3.05, 3.63) is 19.2 Å². The van der Waals surface area contributed by atoms with E-state index in [1.165, 1.54) is 17.7 Å². The summed E-state index contributed by atoms with van der Waals surface area (Å²) in [5, 5.41) is 0. The molecule has 5 heteroatoms. The van der Waals surface area contributed by atoms with E-state index in [-0.39, 0.29) is 6.04 Å². The Bertz CT molecular complexity index is 269. The van der Waals surface area contributed by atoms with Crippen molar-refractivity contribution in [3.8, 4) is 0 Å². The normalized spacial score (nSPS) is 13.1. The van der Waals surface area contributed by atoms with E-state index in [4.69, 9.17) is 5.84 Å². The fourth-order valence-electron chi connectivity index (χ4n) is 1.25. The molecule has 0 saturated heterocycles. The second-order valence-corrected chi connectivity index (χ2v) is 6.39. The van der Waals surface area contributed by atoms with Gasteiger partial charge in [-0.15, -0.1) is 11.3 Å². The molecule has 0 amide bonds. The number of thiophene rings is 1. The van der Waals surface area contributed by atoms with Crippen LogP contribution in [-0.4, -0.2) is 0 Å². The summed E-state index contributed by atoms with van der Waals surface area (Å²) >= 11 is 8.69. The third-order valence-electron chi connectivity index (χ3n) is 2.06. The lowest BCUT2D eigenvalue weighted by atomic mass is 10.1. The quantitative estimate of drug-likeness (QED) is 0.628. The molecule has 1 aromatic heterocycles. The molecule has 1 rings (SSSR count). The molecule has 0 aliphatic rings. The zero-order valence-corrected chi connectivity index (χ0v) is 12.0. The van der Waals surface area contributed by atoms with Gasteiger partial charge in [0.25, 0.3) is 0 Å². The van der Waals surface area contributed by atoms with E-state index < -0.39 is 0 Å². The molecule has 0 spiro atoms. The van der Waals surface area contributed by atoms with E-state index in [1.54, 1.807) is 11.3 Å². The van der Waals surface area contributed by atoms with E-state index in [0.29, 0.717) is 0 Å². The van der Waals surface area contributed by atoms with Gasteiger partial charge in [0.1, 0.15) is 0 Å². The summed E-state index contributed by atoms with van der Waals surface area (Å²) in [5.74, 6) is 5.53. The number of hydrazine groups is 1. The summed E-state index contributed by atoms with van der Waals surface area (Å²) in [6.45, 7) is 2.19. The minimum Gasteiger partial charge on any atom is -0.271 e. The molecule has 1 aromatic rings. The van der Waals surface area contributed by atoms with Crippen LogP contribution in [0.3, 0.4) is 0 Å². The molecule has 2 nitrogen and oxygen atoms in total. The topological polar surface area (TPSA) is 38.0 Å². The maximum absolute atomic E-state index is 5.53. The zero-order valence-electron chi connectivity index (χ0n) is 8.02. The van der Waals surface area contributed by atoms with E-state index in [0.717, 1.165) is 14.7 Å². The molecular weight excluding hydrogens is 328 g/mol. The van der Waals surface area contributed by atoms with Gasteiger partial charge in [-0.25, -0.2) is 0 Å². The molecule has 14 heavy (non-hydrogen) atoms. The molecule has 0 saturated carbocycles. The van der Waals surface area contributed by atoms with Crippen molar-refractivity contribution in [2.75, 3.05) is 0 Å². The highest BCUT2D eigenvalue weighted by Gasteiger charge is 2.13. The SMILES string of the molecule is CCCCC(NN)c1cc(Br)c(Br)s1. The summed E-state index contributed by atoms with van der Waals surface area (Å²) in [6.07, 6.45) is 3.49. The van der Waals surface area contributed by atoms with Gasteiger partial charge in [0.2, 0.25) is 0 Å². The summed E-state index contributed by atoms with van der Waals surface area (Å²) in [7, 11) is 0. The van der Waals surface area contributed by atoms with Crippen LogP contribution >= 0.6 is 43.2 Å². The number of nitrogens with two attached hydrogens (primary N) is 1. The highest BCUT2D eigenvalue weighted by atomic mass is 79.9.